The number of nitrogens with two attached hydrogens (primary N) is 1. The minimum Gasteiger partial charge on any atom is -0.333 e. The average Bonchev–Trinajstić information content (AvgIpc) is 2.81. The number of likely N-dealkylation sites (tertiary alicyclic amines) is 1. The molecule has 17 heavy (non-hydrogen) atoms. The molecule has 0 aliphatic carbocycles. The van der Waals surface area contributed by atoms with Gasteiger partial charge in [0.25, 0.3) is 0 Å². The van der Waals surface area contributed by atoms with Gasteiger partial charge in [-0.3, -0.25) is 4.79 Å². The second kappa shape index (κ2) is 5.60. The van der Waals surface area contributed by atoms with Crippen molar-refractivity contribution in [2.24, 2.45) is 5.73 Å². The molecule has 1 aromatic heterocycles. The number of thiazole rings is 1. The number of amides is 1. The van der Waals surface area contributed by atoms with Gasteiger partial charge in [0.2, 0.25) is 5.91 Å². The van der Waals surface area contributed by atoms with Crippen LogP contribution >= 0.6 is 11.3 Å². The molecule has 2 heterocycles. The maximum Gasteiger partial charge on any atom is 0.224 e. The number of hydrogen-bond acceptors (Lipinski definition) is 4. The fourth-order valence-corrected chi connectivity index (χ4v) is 3.06. The smallest absolute Gasteiger partial charge is 0.224 e. The summed E-state index contributed by atoms with van der Waals surface area (Å²) in [6.45, 7) is 2.72. The Bertz CT molecular complexity index is 364. The molecule has 94 valence electrons. The van der Waals surface area contributed by atoms with Crippen molar-refractivity contribution < 1.29 is 4.79 Å². The van der Waals surface area contributed by atoms with E-state index in [1.165, 1.54) is 6.42 Å². The van der Waals surface area contributed by atoms with Crippen LogP contribution in [0, 0.1) is 0 Å². The molecule has 1 aliphatic heterocycles. The van der Waals surface area contributed by atoms with Crippen LogP contribution in [0.2, 0.25) is 0 Å². The fourth-order valence-electron chi connectivity index (χ4n) is 2.28. The second-order valence-electron chi connectivity index (χ2n) is 4.65. The number of aromatic nitrogens is 1. The summed E-state index contributed by atoms with van der Waals surface area (Å²) in [7, 11) is 0. The van der Waals surface area contributed by atoms with Gasteiger partial charge in [-0.15, -0.1) is 11.3 Å². The molecule has 2 unspecified atom stereocenters. The number of piperidine rings is 1. The molecule has 2 atom stereocenters. The third-order valence-electron chi connectivity index (χ3n) is 3.06. The van der Waals surface area contributed by atoms with Crippen LogP contribution in [0.25, 0.3) is 0 Å². The molecule has 2 N–H and O–H groups in total. The van der Waals surface area contributed by atoms with Gasteiger partial charge in [-0.05, 0) is 26.2 Å². The number of carbonyl (C=O) groups is 1. The van der Waals surface area contributed by atoms with E-state index >= 15 is 0 Å². The Morgan fingerprint density at radius 2 is 2.53 bits per heavy atom. The zero-order valence-electron chi connectivity index (χ0n) is 10.1. The monoisotopic (exact) mass is 253 g/mol. The van der Waals surface area contributed by atoms with Crippen LogP contribution in [-0.4, -0.2) is 28.4 Å². The topological polar surface area (TPSA) is 59.2 Å². The molecule has 0 spiro atoms. The predicted molar refractivity (Wildman–Crippen MR) is 68.7 cm³/mol. The summed E-state index contributed by atoms with van der Waals surface area (Å²) in [5, 5.41) is 3.03. The molecule has 0 aromatic carbocycles. The zero-order valence-corrected chi connectivity index (χ0v) is 10.9. The summed E-state index contributed by atoms with van der Waals surface area (Å²) in [5.74, 6) is 0.167. The molecule has 0 radical (unpaired) electrons. The second-order valence-corrected chi connectivity index (χ2v) is 5.58. The first-order valence-electron chi connectivity index (χ1n) is 6.13. The molecule has 4 nitrogen and oxygen atoms in total. The predicted octanol–water partition coefficient (Wildman–Crippen LogP) is 1.93. The summed E-state index contributed by atoms with van der Waals surface area (Å²) in [6.07, 6.45) is 5.53. The van der Waals surface area contributed by atoms with Crippen molar-refractivity contribution in [3.63, 3.8) is 0 Å². The van der Waals surface area contributed by atoms with Gasteiger partial charge in [-0.1, -0.05) is 0 Å². The Morgan fingerprint density at radius 1 is 1.71 bits per heavy atom. The fraction of sp³-hybridized carbons (Fsp3) is 0.667. The minimum atomic E-state index is -0.0682. The van der Waals surface area contributed by atoms with Crippen LogP contribution in [0.15, 0.2) is 11.6 Å². The molecule has 1 aromatic rings. The van der Waals surface area contributed by atoms with E-state index in [0.29, 0.717) is 6.42 Å². The van der Waals surface area contributed by atoms with Crippen LogP contribution in [-0.2, 0) is 4.79 Å². The van der Waals surface area contributed by atoms with E-state index in [1.54, 1.807) is 11.3 Å². The van der Waals surface area contributed by atoms with E-state index < -0.39 is 0 Å². The molecule has 0 bridgehead atoms. The average molecular weight is 253 g/mol. The highest BCUT2D eigenvalue weighted by Gasteiger charge is 2.29. The molecule has 5 heteroatoms. The summed E-state index contributed by atoms with van der Waals surface area (Å²) in [4.78, 5) is 18.4. The standard InChI is InChI=1S/C12H19N3OS/c1-9(13)8-11(16)15-6-3-2-4-10(15)12-14-5-7-17-12/h5,7,9-10H,2-4,6,8,13H2,1H3. The number of hydrogen-bond donors (Lipinski definition) is 1. The van der Waals surface area contributed by atoms with Crippen molar-refractivity contribution in [1.82, 2.24) is 9.88 Å². The number of carbonyl (C=O) groups excluding carboxylic acids is 1. The number of rotatable bonds is 3. The SMILES string of the molecule is CC(N)CC(=O)N1CCCCC1c1nccs1. The Balaban J connectivity index is 2.09. The lowest BCUT2D eigenvalue weighted by atomic mass is 10.0. The van der Waals surface area contributed by atoms with Crippen LogP contribution in [0.3, 0.4) is 0 Å². The first kappa shape index (κ1) is 12.5. The van der Waals surface area contributed by atoms with Gasteiger partial charge in [0.15, 0.2) is 0 Å². The van der Waals surface area contributed by atoms with Gasteiger partial charge in [0.1, 0.15) is 5.01 Å². The van der Waals surface area contributed by atoms with E-state index in [-0.39, 0.29) is 18.0 Å². The highest BCUT2D eigenvalue weighted by molar-refractivity contribution is 7.09. The summed E-state index contributed by atoms with van der Waals surface area (Å²) < 4.78 is 0. The molecule has 1 aliphatic rings. The first-order chi connectivity index (χ1) is 8.18. The Labute approximate surface area is 106 Å². The van der Waals surface area contributed by atoms with Crippen molar-refractivity contribution in [3.05, 3.63) is 16.6 Å². The molecule has 1 amide bonds. The summed E-state index contributed by atoms with van der Waals surface area (Å²) in [5.41, 5.74) is 5.70. The van der Waals surface area contributed by atoms with Crippen LogP contribution in [0.4, 0.5) is 0 Å². The lowest BCUT2D eigenvalue weighted by Crippen LogP contribution is -2.40. The maximum atomic E-state index is 12.1. The molecular formula is C12H19N3OS. The van der Waals surface area contributed by atoms with Crippen molar-refractivity contribution in [1.29, 1.82) is 0 Å². The summed E-state index contributed by atoms with van der Waals surface area (Å²) in [6, 6.07) is 0.108. The van der Waals surface area contributed by atoms with E-state index in [2.05, 4.69) is 4.98 Å². The molecule has 1 fully saturated rings. The van der Waals surface area contributed by atoms with Gasteiger partial charge in [-0.25, -0.2) is 4.98 Å². The van der Waals surface area contributed by atoms with Crippen LogP contribution < -0.4 is 5.73 Å². The molecule has 0 saturated carbocycles. The van der Waals surface area contributed by atoms with Crippen molar-refractivity contribution in [2.45, 2.75) is 44.7 Å². The lowest BCUT2D eigenvalue weighted by Gasteiger charge is -2.35. The highest BCUT2D eigenvalue weighted by atomic mass is 32.1. The summed E-state index contributed by atoms with van der Waals surface area (Å²) >= 11 is 1.63. The third kappa shape index (κ3) is 3.04. The van der Waals surface area contributed by atoms with Gasteiger partial charge < -0.3 is 10.6 Å². The molecule has 2 rings (SSSR count). The maximum absolute atomic E-state index is 12.1. The van der Waals surface area contributed by atoms with Crippen molar-refractivity contribution in [2.75, 3.05) is 6.54 Å². The lowest BCUT2D eigenvalue weighted by molar-refractivity contribution is -0.135. The van der Waals surface area contributed by atoms with E-state index in [4.69, 9.17) is 5.73 Å². The normalized spacial score (nSPS) is 22.5. The molecule has 1 saturated heterocycles. The third-order valence-corrected chi connectivity index (χ3v) is 3.93. The Hall–Kier alpha value is -0.940. The largest absolute Gasteiger partial charge is 0.333 e. The van der Waals surface area contributed by atoms with Gasteiger partial charge in [0, 0.05) is 30.6 Å². The Kier molecular flexibility index (Phi) is 4.12. The van der Waals surface area contributed by atoms with E-state index in [1.807, 2.05) is 23.4 Å². The van der Waals surface area contributed by atoms with Crippen LogP contribution in [0.1, 0.15) is 43.7 Å². The van der Waals surface area contributed by atoms with E-state index in [9.17, 15) is 4.79 Å². The van der Waals surface area contributed by atoms with E-state index in [0.717, 1.165) is 24.4 Å². The van der Waals surface area contributed by atoms with Gasteiger partial charge >= 0.3 is 0 Å². The zero-order chi connectivity index (χ0) is 12.3. The number of nitrogens with zero attached hydrogens (tertiary/aromatic N) is 2. The van der Waals surface area contributed by atoms with Crippen molar-refractivity contribution in [3.8, 4) is 0 Å². The minimum absolute atomic E-state index is 0.0682. The highest BCUT2D eigenvalue weighted by Crippen LogP contribution is 2.32. The first-order valence-corrected chi connectivity index (χ1v) is 7.01. The Morgan fingerprint density at radius 3 is 3.18 bits per heavy atom. The van der Waals surface area contributed by atoms with Crippen LogP contribution in [0.5, 0.6) is 0 Å². The van der Waals surface area contributed by atoms with Crippen molar-refractivity contribution >= 4 is 17.2 Å². The molecular weight excluding hydrogens is 234 g/mol. The quantitative estimate of drug-likeness (QED) is 0.895. The van der Waals surface area contributed by atoms with Gasteiger partial charge in [-0.2, -0.15) is 0 Å². The van der Waals surface area contributed by atoms with Gasteiger partial charge in [0.05, 0.1) is 6.04 Å².